The molecule has 0 aromatic heterocycles. The fourth-order valence-corrected chi connectivity index (χ4v) is 1.48. The average molecular weight is 204 g/mol. The molecular weight excluding hydrogens is 192 g/mol. The molecule has 1 aliphatic rings. The maximum Gasteiger partial charge on any atom is 0.0573 e. The molecule has 0 unspecified atom stereocenters. The van der Waals surface area contributed by atoms with Crippen molar-refractivity contribution >= 4 is 0 Å². The van der Waals surface area contributed by atoms with Crippen LogP contribution in [-0.4, -0.2) is 0 Å². The Bertz CT molecular complexity index is 522. The molecule has 16 heavy (non-hydrogen) atoms. The molecule has 0 nitrogen and oxygen atoms in total. The van der Waals surface area contributed by atoms with Gasteiger partial charge in [-0.05, 0) is 31.2 Å². The van der Waals surface area contributed by atoms with E-state index < -0.39 is 0 Å². The summed E-state index contributed by atoms with van der Waals surface area (Å²) in [6, 6.07) is 8.02. The maximum absolute atomic E-state index is 3.19. The van der Waals surface area contributed by atoms with Gasteiger partial charge in [0.05, 0.1) is 5.92 Å². The van der Waals surface area contributed by atoms with E-state index in [2.05, 4.69) is 35.8 Å². The summed E-state index contributed by atoms with van der Waals surface area (Å²) in [5.41, 5.74) is 2.07. The fraction of sp³-hybridized carbons (Fsp3) is 0.125. The lowest BCUT2D eigenvalue weighted by Crippen LogP contribution is -1.82. The summed E-state index contributed by atoms with van der Waals surface area (Å²) in [5.74, 6) is 12.5. The molecule has 0 saturated carbocycles. The van der Waals surface area contributed by atoms with Gasteiger partial charge in [-0.3, -0.25) is 0 Å². The second-order valence-corrected chi connectivity index (χ2v) is 3.52. The van der Waals surface area contributed by atoms with Crippen LogP contribution in [0.5, 0.6) is 0 Å². The van der Waals surface area contributed by atoms with Crippen molar-refractivity contribution in [2.45, 2.75) is 6.92 Å². The Morgan fingerprint density at radius 1 is 0.875 bits per heavy atom. The second kappa shape index (κ2) is 5.06. The van der Waals surface area contributed by atoms with E-state index in [9.17, 15) is 0 Å². The second-order valence-electron chi connectivity index (χ2n) is 3.52. The molecule has 0 aliphatic heterocycles. The van der Waals surface area contributed by atoms with Crippen LogP contribution < -0.4 is 0 Å². The van der Waals surface area contributed by atoms with Crippen molar-refractivity contribution in [3.63, 3.8) is 0 Å². The van der Waals surface area contributed by atoms with Gasteiger partial charge in [0.1, 0.15) is 0 Å². The van der Waals surface area contributed by atoms with Crippen molar-refractivity contribution in [3.8, 4) is 23.7 Å². The molecular formula is C16H12. The molecule has 0 atom stereocenters. The monoisotopic (exact) mass is 204 g/mol. The van der Waals surface area contributed by atoms with Crippen molar-refractivity contribution < 1.29 is 0 Å². The van der Waals surface area contributed by atoms with E-state index in [4.69, 9.17) is 0 Å². The van der Waals surface area contributed by atoms with Crippen molar-refractivity contribution in [1.29, 1.82) is 0 Å². The Morgan fingerprint density at radius 3 is 2.00 bits per heavy atom. The van der Waals surface area contributed by atoms with Gasteiger partial charge in [0, 0.05) is 11.1 Å². The predicted octanol–water partition coefficient (Wildman–Crippen LogP) is 3.15. The van der Waals surface area contributed by atoms with E-state index in [0.717, 1.165) is 11.1 Å². The van der Waals surface area contributed by atoms with Crippen molar-refractivity contribution in [2.75, 3.05) is 0 Å². The quantitative estimate of drug-likeness (QED) is 0.569. The minimum Gasteiger partial charge on any atom is -0.101 e. The number of allylic oxidation sites excluding steroid dienone is 4. The zero-order valence-corrected chi connectivity index (χ0v) is 9.20. The molecule has 0 bridgehead atoms. The van der Waals surface area contributed by atoms with E-state index in [-0.39, 0.29) is 5.92 Å². The Hall–Kier alpha value is -2.18. The Morgan fingerprint density at radius 2 is 1.44 bits per heavy atom. The molecule has 76 valence electrons. The third kappa shape index (κ3) is 2.66. The SMILES string of the molecule is CC#Cc1ccc(C#CC2C=CC=C2)cc1. The van der Waals surface area contributed by atoms with E-state index in [1.54, 1.807) is 0 Å². The fourth-order valence-electron chi connectivity index (χ4n) is 1.48. The van der Waals surface area contributed by atoms with Gasteiger partial charge in [0.2, 0.25) is 0 Å². The summed E-state index contributed by atoms with van der Waals surface area (Å²) in [4.78, 5) is 0. The standard InChI is InChI=1S/C16H12/c1-2-5-14-8-11-16(12-9-14)13-10-15-6-3-4-7-15/h3-4,6-9,11-12,15H,1H3. The van der Waals surface area contributed by atoms with Crippen molar-refractivity contribution in [1.82, 2.24) is 0 Å². The molecule has 0 amide bonds. The largest absolute Gasteiger partial charge is 0.101 e. The molecule has 2 rings (SSSR count). The van der Waals surface area contributed by atoms with Crippen LogP contribution in [0, 0.1) is 29.6 Å². The topological polar surface area (TPSA) is 0 Å². The van der Waals surface area contributed by atoms with Crippen molar-refractivity contribution in [2.24, 2.45) is 5.92 Å². The van der Waals surface area contributed by atoms with Crippen LogP contribution in [0.1, 0.15) is 18.1 Å². The highest BCUT2D eigenvalue weighted by Crippen LogP contribution is 2.08. The van der Waals surface area contributed by atoms with Crippen molar-refractivity contribution in [3.05, 3.63) is 59.7 Å². The molecule has 1 aliphatic carbocycles. The lowest BCUT2D eigenvalue weighted by molar-refractivity contribution is 1.15. The van der Waals surface area contributed by atoms with E-state index >= 15 is 0 Å². The summed E-state index contributed by atoms with van der Waals surface area (Å²) < 4.78 is 0. The molecule has 0 spiro atoms. The first kappa shape index (κ1) is 10.3. The van der Waals surface area contributed by atoms with Gasteiger partial charge in [-0.1, -0.05) is 42.1 Å². The highest BCUT2D eigenvalue weighted by molar-refractivity contribution is 5.43. The van der Waals surface area contributed by atoms with Gasteiger partial charge in [-0.2, -0.15) is 0 Å². The maximum atomic E-state index is 3.19. The summed E-state index contributed by atoms with van der Waals surface area (Å²) in [5, 5.41) is 0. The van der Waals surface area contributed by atoms with Gasteiger partial charge < -0.3 is 0 Å². The minimum atomic E-state index is 0.273. The van der Waals surface area contributed by atoms with Crippen LogP contribution in [0.15, 0.2) is 48.6 Å². The number of hydrogen-bond acceptors (Lipinski definition) is 0. The van der Waals surface area contributed by atoms with Crippen LogP contribution in [0.3, 0.4) is 0 Å². The molecule has 1 aromatic rings. The van der Waals surface area contributed by atoms with E-state index in [0.29, 0.717) is 0 Å². The molecule has 0 heteroatoms. The molecule has 0 heterocycles. The molecule has 0 radical (unpaired) electrons. The normalized spacial score (nSPS) is 12.8. The highest BCUT2D eigenvalue weighted by Gasteiger charge is 1.96. The van der Waals surface area contributed by atoms with Crippen LogP contribution in [-0.2, 0) is 0 Å². The van der Waals surface area contributed by atoms with Crippen LogP contribution in [0.25, 0.3) is 0 Å². The summed E-state index contributed by atoms with van der Waals surface area (Å²) in [6.45, 7) is 1.84. The lowest BCUT2D eigenvalue weighted by Gasteiger charge is -1.93. The number of benzene rings is 1. The molecule has 0 fully saturated rings. The molecule has 1 aromatic carbocycles. The van der Waals surface area contributed by atoms with Gasteiger partial charge in [-0.15, -0.1) is 5.92 Å². The summed E-state index contributed by atoms with van der Waals surface area (Å²) >= 11 is 0. The van der Waals surface area contributed by atoms with Gasteiger partial charge >= 0.3 is 0 Å². The average Bonchev–Trinajstić information content (AvgIpc) is 2.82. The highest BCUT2D eigenvalue weighted by atomic mass is 14.0. The lowest BCUT2D eigenvalue weighted by atomic mass is 10.1. The third-order valence-corrected chi connectivity index (χ3v) is 2.29. The summed E-state index contributed by atoms with van der Waals surface area (Å²) in [6.07, 6.45) is 8.23. The zero-order valence-electron chi connectivity index (χ0n) is 9.20. The van der Waals surface area contributed by atoms with Crippen LogP contribution in [0.4, 0.5) is 0 Å². The predicted molar refractivity (Wildman–Crippen MR) is 67.6 cm³/mol. The number of rotatable bonds is 0. The van der Waals surface area contributed by atoms with Gasteiger partial charge in [0.15, 0.2) is 0 Å². The Kier molecular flexibility index (Phi) is 3.27. The van der Waals surface area contributed by atoms with E-state index in [1.807, 2.05) is 43.3 Å². The first-order chi connectivity index (χ1) is 7.88. The Labute approximate surface area is 96.7 Å². The van der Waals surface area contributed by atoms with Gasteiger partial charge in [0.25, 0.3) is 0 Å². The van der Waals surface area contributed by atoms with E-state index in [1.165, 1.54) is 0 Å². The number of hydrogen-bond donors (Lipinski definition) is 0. The first-order valence-electron chi connectivity index (χ1n) is 5.28. The Balaban J connectivity index is 2.12. The smallest absolute Gasteiger partial charge is 0.0573 e. The minimum absolute atomic E-state index is 0.273. The molecule has 0 N–H and O–H groups in total. The molecule has 0 saturated heterocycles. The summed E-state index contributed by atoms with van der Waals surface area (Å²) in [7, 11) is 0. The zero-order chi connectivity index (χ0) is 11.2. The van der Waals surface area contributed by atoms with Crippen LogP contribution in [0.2, 0.25) is 0 Å². The van der Waals surface area contributed by atoms with Gasteiger partial charge in [-0.25, -0.2) is 0 Å². The van der Waals surface area contributed by atoms with Crippen LogP contribution >= 0.6 is 0 Å². The third-order valence-electron chi connectivity index (χ3n) is 2.29. The first-order valence-corrected chi connectivity index (χ1v) is 5.28.